The van der Waals surface area contributed by atoms with Crippen LogP contribution in [0.2, 0.25) is 5.02 Å². The average Bonchev–Trinajstić information content (AvgIpc) is 2.90. The molecular formula is C27H27ClN2O2. The molecule has 1 unspecified atom stereocenters. The minimum absolute atomic E-state index is 0.0244. The van der Waals surface area contributed by atoms with Crippen LogP contribution in [-0.2, 0) is 11.2 Å². The standard InChI is InChI=1S/C27H27ClN2O2/c1-2-3-7-15-30-25-18-21(28)13-14-23(25)26(20-11-8-12-22(31)17-20)29-24(27(30)32)16-19-9-5-4-6-10-19/h4-6,8-14,17-18,24,31H,2-3,7,15-16H2,1H3. The van der Waals surface area contributed by atoms with Crippen molar-refractivity contribution in [1.29, 1.82) is 0 Å². The number of unbranched alkanes of at least 4 members (excludes halogenated alkanes) is 2. The maximum Gasteiger partial charge on any atom is 0.252 e. The zero-order valence-electron chi connectivity index (χ0n) is 18.2. The number of anilines is 1. The number of aliphatic imine (C=N–C) groups is 1. The molecule has 32 heavy (non-hydrogen) atoms. The van der Waals surface area contributed by atoms with Crippen molar-refractivity contribution in [1.82, 2.24) is 0 Å². The molecule has 0 fully saturated rings. The Bertz CT molecular complexity index is 1130. The van der Waals surface area contributed by atoms with Gasteiger partial charge in [-0.25, -0.2) is 0 Å². The number of benzene rings is 3. The van der Waals surface area contributed by atoms with Gasteiger partial charge in [0.25, 0.3) is 5.91 Å². The monoisotopic (exact) mass is 446 g/mol. The van der Waals surface area contributed by atoms with Crippen molar-refractivity contribution < 1.29 is 9.90 Å². The molecule has 3 aromatic rings. The van der Waals surface area contributed by atoms with Crippen molar-refractivity contribution >= 4 is 28.9 Å². The first-order valence-electron chi connectivity index (χ1n) is 11.1. The van der Waals surface area contributed by atoms with E-state index in [1.807, 2.05) is 59.5 Å². The molecule has 0 aromatic heterocycles. The van der Waals surface area contributed by atoms with Crippen molar-refractivity contribution in [3.63, 3.8) is 0 Å². The number of halogens is 1. The fourth-order valence-corrected chi connectivity index (χ4v) is 4.28. The molecule has 0 bridgehead atoms. The maximum atomic E-state index is 13.8. The molecule has 164 valence electrons. The van der Waals surface area contributed by atoms with Crippen LogP contribution in [0.4, 0.5) is 5.69 Å². The first kappa shape index (κ1) is 22.1. The number of fused-ring (bicyclic) bond motifs is 1. The van der Waals surface area contributed by atoms with Crippen LogP contribution in [0.3, 0.4) is 0 Å². The van der Waals surface area contributed by atoms with Crippen LogP contribution < -0.4 is 4.90 Å². The van der Waals surface area contributed by atoms with Crippen molar-refractivity contribution in [2.24, 2.45) is 4.99 Å². The van der Waals surface area contributed by atoms with Crippen LogP contribution in [0, 0.1) is 0 Å². The lowest BCUT2D eigenvalue weighted by atomic mass is 9.99. The zero-order valence-corrected chi connectivity index (χ0v) is 18.9. The van der Waals surface area contributed by atoms with Crippen LogP contribution >= 0.6 is 11.6 Å². The predicted octanol–water partition coefficient (Wildman–Crippen LogP) is 6.03. The molecule has 1 amide bonds. The lowest BCUT2D eigenvalue weighted by molar-refractivity contribution is -0.119. The van der Waals surface area contributed by atoms with Gasteiger partial charge in [-0.3, -0.25) is 9.79 Å². The Balaban J connectivity index is 1.85. The second-order valence-electron chi connectivity index (χ2n) is 8.09. The van der Waals surface area contributed by atoms with E-state index in [-0.39, 0.29) is 11.7 Å². The molecule has 4 nitrogen and oxygen atoms in total. The van der Waals surface area contributed by atoms with Gasteiger partial charge in [0.15, 0.2) is 0 Å². The second kappa shape index (κ2) is 10.0. The van der Waals surface area contributed by atoms with Crippen LogP contribution in [-0.4, -0.2) is 29.3 Å². The van der Waals surface area contributed by atoms with Gasteiger partial charge < -0.3 is 10.0 Å². The highest BCUT2D eigenvalue weighted by atomic mass is 35.5. The summed E-state index contributed by atoms with van der Waals surface area (Å²) in [5.41, 5.74) is 4.15. The number of carbonyl (C=O) groups excluding carboxylic acids is 1. The Labute approximate surface area is 194 Å². The van der Waals surface area contributed by atoms with Crippen LogP contribution in [0.5, 0.6) is 5.75 Å². The first-order valence-corrected chi connectivity index (χ1v) is 11.5. The second-order valence-corrected chi connectivity index (χ2v) is 8.53. The quantitative estimate of drug-likeness (QED) is 0.450. The summed E-state index contributed by atoms with van der Waals surface area (Å²) < 4.78 is 0. The van der Waals surface area contributed by atoms with Crippen LogP contribution in [0.25, 0.3) is 0 Å². The number of carbonyl (C=O) groups is 1. The van der Waals surface area contributed by atoms with Gasteiger partial charge in [0.05, 0.1) is 11.4 Å². The van der Waals surface area contributed by atoms with Gasteiger partial charge in [0.2, 0.25) is 0 Å². The number of hydrogen-bond donors (Lipinski definition) is 1. The highest BCUT2D eigenvalue weighted by Crippen LogP contribution is 2.33. The van der Waals surface area contributed by atoms with E-state index >= 15 is 0 Å². The van der Waals surface area contributed by atoms with E-state index in [4.69, 9.17) is 16.6 Å². The summed E-state index contributed by atoms with van der Waals surface area (Å²) in [5.74, 6) is 0.138. The highest BCUT2D eigenvalue weighted by Gasteiger charge is 2.32. The summed E-state index contributed by atoms with van der Waals surface area (Å²) in [6.45, 7) is 2.77. The van der Waals surface area contributed by atoms with E-state index in [0.29, 0.717) is 23.7 Å². The minimum atomic E-state index is -0.567. The fraction of sp³-hybridized carbons (Fsp3) is 0.259. The lowest BCUT2D eigenvalue weighted by Gasteiger charge is -2.25. The summed E-state index contributed by atoms with van der Waals surface area (Å²) in [4.78, 5) is 20.6. The molecule has 1 aliphatic rings. The highest BCUT2D eigenvalue weighted by molar-refractivity contribution is 6.31. The number of amides is 1. The van der Waals surface area contributed by atoms with E-state index in [0.717, 1.165) is 41.6 Å². The third-order valence-corrected chi connectivity index (χ3v) is 5.95. The number of hydrogen-bond acceptors (Lipinski definition) is 3. The Hall–Kier alpha value is -3.11. The molecule has 0 saturated heterocycles. The van der Waals surface area contributed by atoms with E-state index in [1.165, 1.54) is 0 Å². The maximum absolute atomic E-state index is 13.8. The third kappa shape index (κ3) is 4.86. The Morgan fingerprint density at radius 3 is 2.56 bits per heavy atom. The largest absolute Gasteiger partial charge is 0.508 e. The molecule has 0 radical (unpaired) electrons. The van der Waals surface area contributed by atoms with E-state index < -0.39 is 6.04 Å². The van der Waals surface area contributed by atoms with Gasteiger partial charge in [-0.2, -0.15) is 0 Å². The van der Waals surface area contributed by atoms with Gasteiger partial charge in [0, 0.05) is 29.1 Å². The van der Waals surface area contributed by atoms with Gasteiger partial charge in [0.1, 0.15) is 11.8 Å². The van der Waals surface area contributed by atoms with Crippen LogP contribution in [0.1, 0.15) is 42.9 Å². The molecule has 0 aliphatic carbocycles. The number of nitrogens with zero attached hydrogens (tertiary/aromatic N) is 2. The van der Waals surface area contributed by atoms with Gasteiger partial charge in [-0.15, -0.1) is 0 Å². The summed E-state index contributed by atoms with van der Waals surface area (Å²) in [7, 11) is 0. The molecule has 5 heteroatoms. The lowest BCUT2D eigenvalue weighted by Crippen LogP contribution is -2.39. The number of aromatic hydroxyl groups is 1. The normalized spacial score (nSPS) is 15.8. The molecule has 1 N–H and O–H groups in total. The summed E-state index contributed by atoms with van der Waals surface area (Å²) in [6, 6.07) is 22.0. The van der Waals surface area contributed by atoms with Gasteiger partial charge in [-0.05, 0) is 42.3 Å². The number of phenols is 1. The third-order valence-electron chi connectivity index (χ3n) is 5.72. The molecule has 1 heterocycles. The molecule has 0 spiro atoms. The van der Waals surface area contributed by atoms with E-state index in [2.05, 4.69) is 6.92 Å². The van der Waals surface area contributed by atoms with E-state index in [1.54, 1.807) is 18.2 Å². The molecule has 1 aliphatic heterocycles. The predicted molar refractivity (Wildman–Crippen MR) is 131 cm³/mol. The Kier molecular flexibility index (Phi) is 6.91. The Morgan fingerprint density at radius 2 is 1.81 bits per heavy atom. The van der Waals surface area contributed by atoms with Gasteiger partial charge in [-0.1, -0.05) is 73.8 Å². The summed E-state index contributed by atoms with van der Waals surface area (Å²) in [5, 5.41) is 10.7. The van der Waals surface area contributed by atoms with Crippen molar-refractivity contribution in [3.05, 3.63) is 94.5 Å². The molecule has 0 saturated carbocycles. The topological polar surface area (TPSA) is 52.9 Å². The van der Waals surface area contributed by atoms with Gasteiger partial charge >= 0.3 is 0 Å². The molecule has 3 aromatic carbocycles. The van der Waals surface area contributed by atoms with Crippen molar-refractivity contribution in [2.45, 2.75) is 38.6 Å². The summed E-state index contributed by atoms with van der Waals surface area (Å²) in [6.07, 6.45) is 3.54. The zero-order chi connectivity index (χ0) is 22.5. The number of phenolic OH excluding ortho intramolecular Hbond substituents is 1. The first-order chi connectivity index (χ1) is 15.6. The molecule has 4 rings (SSSR count). The van der Waals surface area contributed by atoms with Crippen molar-refractivity contribution in [3.8, 4) is 5.75 Å². The van der Waals surface area contributed by atoms with E-state index in [9.17, 15) is 9.90 Å². The van der Waals surface area contributed by atoms with Crippen LogP contribution in [0.15, 0.2) is 77.8 Å². The summed E-state index contributed by atoms with van der Waals surface area (Å²) >= 11 is 6.37. The van der Waals surface area contributed by atoms with Crippen molar-refractivity contribution in [2.75, 3.05) is 11.4 Å². The molecule has 1 atom stereocenters. The fourth-order valence-electron chi connectivity index (χ4n) is 4.11. The SMILES string of the molecule is CCCCCN1C(=O)C(Cc2ccccc2)N=C(c2cccc(O)c2)c2ccc(Cl)cc21. The molecular weight excluding hydrogens is 420 g/mol. The number of rotatable bonds is 7. The average molecular weight is 447 g/mol. The minimum Gasteiger partial charge on any atom is -0.508 e. The smallest absolute Gasteiger partial charge is 0.252 e. The number of benzodiazepines with no additional fused rings is 1. The Morgan fingerprint density at radius 1 is 1.00 bits per heavy atom.